The Hall–Kier alpha value is -2.41. The first-order valence-electron chi connectivity index (χ1n) is 10.2. The van der Waals surface area contributed by atoms with E-state index in [1.807, 2.05) is 29.7 Å². The maximum Gasteiger partial charge on any atom is 0.243 e. The molecule has 1 saturated carbocycles. The lowest BCUT2D eigenvalue weighted by atomic mass is 10.1. The van der Waals surface area contributed by atoms with Crippen LogP contribution in [0.5, 0.6) is 0 Å². The lowest BCUT2D eigenvalue weighted by molar-refractivity contribution is -0.125. The Bertz CT molecular complexity index is 999. The molecule has 1 fully saturated rings. The van der Waals surface area contributed by atoms with E-state index >= 15 is 0 Å². The number of amides is 1. The van der Waals surface area contributed by atoms with Gasteiger partial charge in [0.2, 0.25) is 5.91 Å². The predicted molar refractivity (Wildman–Crippen MR) is 113 cm³/mol. The smallest absolute Gasteiger partial charge is 0.243 e. The van der Waals surface area contributed by atoms with E-state index in [1.54, 1.807) is 18.3 Å². The molecular weight excluding hydrogens is 387 g/mol. The zero-order valence-electron chi connectivity index (χ0n) is 16.5. The molecule has 3 aromatic rings. The second kappa shape index (κ2) is 8.95. The number of fused-ring (bicyclic) bond motifs is 1. The van der Waals surface area contributed by atoms with E-state index < -0.39 is 6.04 Å². The fourth-order valence-corrected chi connectivity index (χ4v) is 4.94. The highest BCUT2D eigenvalue weighted by molar-refractivity contribution is 7.98. The Morgan fingerprint density at radius 1 is 1.28 bits per heavy atom. The second-order valence-corrected chi connectivity index (χ2v) is 8.35. The molecule has 4 rings (SSSR count). The minimum absolute atomic E-state index is 0.0112. The lowest BCUT2D eigenvalue weighted by Crippen LogP contribution is -2.38. The van der Waals surface area contributed by atoms with Gasteiger partial charge in [-0.05, 0) is 43.0 Å². The summed E-state index contributed by atoms with van der Waals surface area (Å²) in [5, 5.41) is 3.90. The quantitative estimate of drug-likeness (QED) is 0.562. The van der Waals surface area contributed by atoms with Gasteiger partial charge in [-0.1, -0.05) is 49.7 Å². The van der Waals surface area contributed by atoms with Gasteiger partial charge in [-0.15, -0.1) is 0 Å². The first kappa shape index (κ1) is 19.9. The number of pyridine rings is 1. The van der Waals surface area contributed by atoms with E-state index in [1.165, 1.54) is 30.7 Å². The summed E-state index contributed by atoms with van der Waals surface area (Å²) in [6.07, 6.45) is 6.77. The van der Waals surface area contributed by atoms with Gasteiger partial charge in [0.05, 0.1) is 0 Å². The summed E-state index contributed by atoms with van der Waals surface area (Å²) in [5.41, 5.74) is 2.06. The third kappa shape index (κ3) is 4.29. The van der Waals surface area contributed by atoms with Crippen molar-refractivity contribution < 1.29 is 9.18 Å². The molecule has 1 aliphatic carbocycles. The molecule has 1 aliphatic rings. The van der Waals surface area contributed by atoms with Gasteiger partial charge < -0.3 is 5.32 Å². The van der Waals surface area contributed by atoms with Gasteiger partial charge in [-0.25, -0.2) is 14.4 Å². The average molecular weight is 413 g/mol. The van der Waals surface area contributed by atoms with Crippen molar-refractivity contribution in [3.05, 3.63) is 54.0 Å². The molecule has 2 aromatic heterocycles. The number of benzene rings is 1. The topological polar surface area (TPSA) is 59.8 Å². The molecule has 0 saturated heterocycles. The van der Waals surface area contributed by atoms with E-state index in [4.69, 9.17) is 4.98 Å². The number of halogens is 1. The van der Waals surface area contributed by atoms with Crippen molar-refractivity contribution in [2.24, 2.45) is 0 Å². The normalized spacial score (nSPS) is 15.7. The van der Waals surface area contributed by atoms with Gasteiger partial charge in [0.1, 0.15) is 17.4 Å². The van der Waals surface area contributed by atoms with Crippen LogP contribution in [-0.2, 0) is 10.5 Å². The van der Waals surface area contributed by atoms with Crippen LogP contribution in [0, 0.1) is 5.82 Å². The van der Waals surface area contributed by atoms with Crippen molar-refractivity contribution in [2.45, 2.75) is 62.0 Å². The molecule has 7 heteroatoms. The maximum atomic E-state index is 14.1. The van der Waals surface area contributed by atoms with Crippen LogP contribution in [0.25, 0.3) is 11.2 Å². The second-order valence-electron chi connectivity index (χ2n) is 7.40. The fourth-order valence-electron chi connectivity index (χ4n) is 3.90. The van der Waals surface area contributed by atoms with Crippen LogP contribution in [0.3, 0.4) is 0 Å². The number of carbonyl (C=O) groups is 1. The van der Waals surface area contributed by atoms with Crippen LogP contribution >= 0.6 is 11.8 Å². The van der Waals surface area contributed by atoms with Crippen LogP contribution in [-0.4, -0.2) is 26.5 Å². The summed E-state index contributed by atoms with van der Waals surface area (Å²) in [6.45, 7) is 2.00. The lowest BCUT2D eigenvalue weighted by Gasteiger charge is -2.21. The Morgan fingerprint density at radius 2 is 2.07 bits per heavy atom. The highest BCUT2D eigenvalue weighted by Gasteiger charge is 2.27. The number of carbonyl (C=O) groups excluding carboxylic acids is 1. The number of rotatable bonds is 7. The maximum absolute atomic E-state index is 14.1. The summed E-state index contributed by atoms with van der Waals surface area (Å²) >= 11 is 1.44. The minimum Gasteiger partial charge on any atom is -0.352 e. The molecule has 0 spiro atoms. The van der Waals surface area contributed by atoms with Crippen molar-refractivity contribution in [3.8, 4) is 0 Å². The summed E-state index contributed by atoms with van der Waals surface area (Å²) in [5.74, 6) is 0.223. The number of thioether (sulfide) groups is 1. The Labute approximate surface area is 174 Å². The number of hydrogen-bond donors (Lipinski definition) is 1. The molecule has 2 heterocycles. The van der Waals surface area contributed by atoms with E-state index in [9.17, 15) is 9.18 Å². The van der Waals surface area contributed by atoms with Crippen molar-refractivity contribution in [1.82, 2.24) is 19.9 Å². The zero-order valence-corrected chi connectivity index (χ0v) is 17.3. The molecule has 1 atom stereocenters. The largest absolute Gasteiger partial charge is 0.352 e. The SMILES string of the molecule is CC[C@@H](C(=O)NC1CCCC1)n1c(SCc2ccccc2F)nc2cccnc21. The number of nitrogens with one attached hydrogen (secondary N) is 1. The molecule has 1 N–H and O–H groups in total. The first-order valence-corrected chi connectivity index (χ1v) is 11.2. The molecule has 0 bridgehead atoms. The number of aromatic nitrogens is 3. The minimum atomic E-state index is -0.390. The fraction of sp³-hybridized carbons (Fsp3) is 0.409. The predicted octanol–water partition coefficient (Wildman–Crippen LogP) is 4.87. The Balaban J connectivity index is 1.64. The highest BCUT2D eigenvalue weighted by atomic mass is 32.2. The molecule has 152 valence electrons. The monoisotopic (exact) mass is 412 g/mol. The van der Waals surface area contributed by atoms with Crippen molar-refractivity contribution in [3.63, 3.8) is 0 Å². The molecule has 0 unspecified atom stereocenters. The van der Waals surface area contributed by atoms with Gasteiger partial charge in [0.15, 0.2) is 10.8 Å². The van der Waals surface area contributed by atoms with Crippen molar-refractivity contribution in [2.75, 3.05) is 0 Å². The Morgan fingerprint density at radius 3 is 2.83 bits per heavy atom. The van der Waals surface area contributed by atoms with Crippen LogP contribution in [0.15, 0.2) is 47.8 Å². The van der Waals surface area contributed by atoms with Crippen LogP contribution in [0.4, 0.5) is 4.39 Å². The third-order valence-corrected chi connectivity index (χ3v) is 6.44. The molecule has 0 radical (unpaired) electrons. The summed E-state index contributed by atoms with van der Waals surface area (Å²) < 4.78 is 16.0. The number of nitrogens with zero attached hydrogens (tertiary/aromatic N) is 3. The molecule has 29 heavy (non-hydrogen) atoms. The van der Waals surface area contributed by atoms with Crippen LogP contribution < -0.4 is 5.32 Å². The summed E-state index contributed by atoms with van der Waals surface area (Å²) in [6, 6.07) is 10.4. The molecule has 1 aromatic carbocycles. The van der Waals surface area contributed by atoms with E-state index in [0.717, 1.165) is 18.4 Å². The van der Waals surface area contributed by atoms with Crippen LogP contribution in [0.1, 0.15) is 50.6 Å². The summed E-state index contributed by atoms with van der Waals surface area (Å²) in [7, 11) is 0. The highest BCUT2D eigenvalue weighted by Crippen LogP contribution is 2.31. The molecular formula is C22H25FN4OS. The van der Waals surface area contributed by atoms with E-state index in [0.29, 0.717) is 28.5 Å². The Kier molecular flexibility index (Phi) is 6.13. The summed E-state index contributed by atoms with van der Waals surface area (Å²) in [4.78, 5) is 22.3. The molecule has 5 nitrogen and oxygen atoms in total. The van der Waals surface area contributed by atoms with Gasteiger partial charge in [-0.2, -0.15) is 0 Å². The first-order chi connectivity index (χ1) is 14.2. The van der Waals surface area contributed by atoms with Gasteiger partial charge in [0.25, 0.3) is 0 Å². The third-order valence-electron chi connectivity index (χ3n) is 5.43. The van der Waals surface area contributed by atoms with Gasteiger partial charge in [0, 0.05) is 18.0 Å². The number of hydrogen-bond acceptors (Lipinski definition) is 4. The van der Waals surface area contributed by atoms with Crippen molar-refractivity contribution >= 4 is 28.8 Å². The van der Waals surface area contributed by atoms with Crippen molar-refractivity contribution in [1.29, 1.82) is 0 Å². The van der Waals surface area contributed by atoms with Gasteiger partial charge >= 0.3 is 0 Å². The van der Waals surface area contributed by atoms with E-state index in [-0.39, 0.29) is 17.8 Å². The average Bonchev–Trinajstić information content (AvgIpc) is 3.36. The van der Waals surface area contributed by atoms with Crippen LogP contribution in [0.2, 0.25) is 0 Å². The zero-order chi connectivity index (χ0) is 20.2. The van der Waals surface area contributed by atoms with Gasteiger partial charge in [-0.3, -0.25) is 9.36 Å². The number of imidazole rings is 1. The molecule has 0 aliphatic heterocycles. The van der Waals surface area contributed by atoms with E-state index in [2.05, 4.69) is 10.3 Å². The molecule has 1 amide bonds. The standard InChI is InChI=1S/C22H25FN4OS/c1-2-19(21(28)25-16-9-4-5-10-16)27-20-18(12-7-13-24-20)26-22(27)29-14-15-8-3-6-11-17(15)23/h3,6-8,11-13,16,19H,2,4-5,9-10,14H2,1H3,(H,25,28)/t19-/m0/s1.